The highest BCUT2D eigenvalue weighted by Gasteiger charge is 2.16. The number of carbonyl (C=O) groups is 3. The third-order valence-electron chi connectivity index (χ3n) is 2.03. The Labute approximate surface area is 97.8 Å². The number of nitrogens with zero attached hydrogens (tertiary/aromatic N) is 1. The van der Waals surface area contributed by atoms with E-state index < -0.39 is 11.1 Å². The maximum absolute atomic E-state index is 11.8. The van der Waals surface area contributed by atoms with Crippen molar-refractivity contribution in [2.45, 2.75) is 0 Å². The summed E-state index contributed by atoms with van der Waals surface area (Å²) < 4.78 is 0. The molecule has 0 aliphatic rings. The van der Waals surface area contributed by atoms with Crippen LogP contribution in [0.1, 0.15) is 20.7 Å². The van der Waals surface area contributed by atoms with Gasteiger partial charge in [0.2, 0.25) is 5.24 Å². The van der Waals surface area contributed by atoms with Crippen molar-refractivity contribution >= 4 is 29.0 Å². The first-order chi connectivity index (χ1) is 7.56. The minimum Gasteiger partial charge on any atom is -0.333 e. The molecule has 0 saturated carbocycles. The highest BCUT2D eigenvalue weighted by atomic mass is 35.5. The van der Waals surface area contributed by atoms with E-state index >= 15 is 0 Å². The average molecular weight is 240 g/mol. The zero-order valence-electron chi connectivity index (χ0n) is 8.64. The number of hydrogen-bond acceptors (Lipinski definition) is 3. The van der Waals surface area contributed by atoms with Gasteiger partial charge in [-0.05, 0) is 17.7 Å². The Bertz CT molecular complexity index is 431. The van der Waals surface area contributed by atoms with Gasteiger partial charge in [-0.25, -0.2) is 0 Å². The van der Waals surface area contributed by atoms with E-state index in [9.17, 15) is 14.4 Å². The fourth-order valence-corrected chi connectivity index (χ4v) is 1.44. The Kier molecular flexibility index (Phi) is 4.19. The summed E-state index contributed by atoms with van der Waals surface area (Å²) >= 11 is 5.18. The molecule has 1 rings (SSSR count). The number of carbonyl (C=O) groups excluding carboxylic acids is 3. The Morgan fingerprint density at radius 3 is 2.56 bits per heavy atom. The lowest BCUT2D eigenvalue weighted by Crippen LogP contribution is -2.31. The van der Waals surface area contributed by atoms with Gasteiger partial charge in [-0.2, -0.15) is 0 Å². The van der Waals surface area contributed by atoms with Crippen LogP contribution in [-0.2, 0) is 4.79 Å². The molecule has 0 aromatic heterocycles. The van der Waals surface area contributed by atoms with Gasteiger partial charge < -0.3 is 4.90 Å². The smallest absolute Gasteiger partial charge is 0.254 e. The van der Waals surface area contributed by atoms with Crippen molar-refractivity contribution in [1.82, 2.24) is 4.90 Å². The second-order valence-electron chi connectivity index (χ2n) is 3.22. The van der Waals surface area contributed by atoms with Gasteiger partial charge in [0.15, 0.2) is 6.29 Å². The van der Waals surface area contributed by atoms with Crippen LogP contribution in [0.15, 0.2) is 24.3 Å². The third-order valence-corrected chi connectivity index (χ3v) is 2.15. The molecule has 0 bridgehead atoms. The van der Waals surface area contributed by atoms with E-state index in [1.165, 1.54) is 19.2 Å². The van der Waals surface area contributed by atoms with Crippen LogP contribution in [0.2, 0.25) is 0 Å². The van der Waals surface area contributed by atoms with E-state index in [0.29, 0.717) is 11.8 Å². The van der Waals surface area contributed by atoms with E-state index in [-0.39, 0.29) is 12.1 Å². The molecule has 0 fully saturated rings. The molecule has 0 saturated heterocycles. The molecule has 1 aromatic rings. The Hall–Kier alpha value is -1.68. The van der Waals surface area contributed by atoms with E-state index in [4.69, 9.17) is 11.6 Å². The van der Waals surface area contributed by atoms with Crippen molar-refractivity contribution < 1.29 is 14.4 Å². The van der Waals surface area contributed by atoms with E-state index in [0.717, 1.165) is 4.90 Å². The fourth-order valence-electron chi connectivity index (χ4n) is 1.26. The van der Waals surface area contributed by atoms with Crippen LogP contribution in [0.4, 0.5) is 0 Å². The highest BCUT2D eigenvalue weighted by molar-refractivity contribution is 6.64. The topological polar surface area (TPSA) is 54.5 Å². The molecule has 0 heterocycles. The molecule has 0 aliphatic heterocycles. The van der Waals surface area contributed by atoms with Gasteiger partial charge in [-0.15, -0.1) is 0 Å². The third kappa shape index (κ3) is 2.90. The van der Waals surface area contributed by atoms with Crippen molar-refractivity contribution in [3.8, 4) is 0 Å². The summed E-state index contributed by atoms with van der Waals surface area (Å²) in [6.07, 6.45) is 0.601. The summed E-state index contributed by atoms with van der Waals surface area (Å²) in [6.45, 7) is -0.187. The van der Waals surface area contributed by atoms with Gasteiger partial charge in [-0.1, -0.05) is 18.2 Å². The molecule has 4 nitrogen and oxygen atoms in total. The van der Waals surface area contributed by atoms with E-state index in [1.807, 2.05) is 0 Å². The van der Waals surface area contributed by atoms with Crippen LogP contribution in [0.25, 0.3) is 0 Å². The largest absolute Gasteiger partial charge is 0.333 e. The number of aldehydes is 1. The van der Waals surface area contributed by atoms with Crippen LogP contribution < -0.4 is 0 Å². The lowest BCUT2D eigenvalue weighted by Gasteiger charge is -2.15. The summed E-state index contributed by atoms with van der Waals surface area (Å²) in [5, 5.41) is -0.626. The van der Waals surface area contributed by atoms with E-state index in [1.54, 1.807) is 12.1 Å². The SMILES string of the molecule is CN(CC(=O)Cl)C(=O)c1ccccc1C=O. The summed E-state index contributed by atoms with van der Waals surface area (Å²) in [5.74, 6) is -0.406. The van der Waals surface area contributed by atoms with Gasteiger partial charge in [0, 0.05) is 12.6 Å². The van der Waals surface area contributed by atoms with Crippen LogP contribution in [-0.4, -0.2) is 35.9 Å². The lowest BCUT2D eigenvalue weighted by molar-refractivity contribution is -0.112. The van der Waals surface area contributed by atoms with Gasteiger partial charge in [0.1, 0.15) is 0 Å². The first-order valence-electron chi connectivity index (χ1n) is 4.54. The second-order valence-corrected chi connectivity index (χ2v) is 3.64. The Morgan fingerprint density at radius 2 is 2.00 bits per heavy atom. The van der Waals surface area contributed by atoms with Gasteiger partial charge in [0.05, 0.1) is 12.1 Å². The van der Waals surface area contributed by atoms with Crippen molar-refractivity contribution in [1.29, 1.82) is 0 Å². The quantitative estimate of drug-likeness (QED) is 0.589. The molecule has 0 aliphatic carbocycles. The Morgan fingerprint density at radius 1 is 1.38 bits per heavy atom. The standard InChI is InChI=1S/C11H10ClNO3/c1-13(6-10(12)15)11(16)9-5-3-2-4-8(9)7-14/h2-5,7H,6H2,1H3. The minimum atomic E-state index is -0.626. The van der Waals surface area contributed by atoms with Gasteiger partial charge in [0.25, 0.3) is 5.91 Å². The van der Waals surface area contributed by atoms with Crippen LogP contribution in [0.3, 0.4) is 0 Å². The van der Waals surface area contributed by atoms with Crippen molar-refractivity contribution in [3.05, 3.63) is 35.4 Å². The number of amides is 1. The predicted molar refractivity (Wildman–Crippen MR) is 59.7 cm³/mol. The number of likely N-dealkylation sites (N-methyl/N-ethyl adjacent to an activating group) is 1. The number of rotatable bonds is 4. The molecule has 0 unspecified atom stereocenters. The molecule has 84 valence electrons. The van der Waals surface area contributed by atoms with Crippen molar-refractivity contribution in [2.24, 2.45) is 0 Å². The first kappa shape index (κ1) is 12.4. The summed E-state index contributed by atoms with van der Waals surface area (Å²) in [6, 6.07) is 6.38. The van der Waals surface area contributed by atoms with Gasteiger partial charge >= 0.3 is 0 Å². The maximum Gasteiger partial charge on any atom is 0.254 e. The van der Waals surface area contributed by atoms with Crippen LogP contribution in [0, 0.1) is 0 Å². The molecule has 1 aromatic carbocycles. The molecule has 1 amide bonds. The molecule has 0 radical (unpaired) electrons. The highest BCUT2D eigenvalue weighted by Crippen LogP contribution is 2.09. The fraction of sp³-hybridized carbons (Fsp3) is 0.182. The lowest BCUT2D eigenvalue weighted by atomic mass is 10.1. The summed E-state index contributed by atoms with van der Waals surface area (Å²) in [7, 11) is 1.45. The second kappa shape index (κ2) is 5.42. The molecular weight excluding hydrogens is 230 g/mol. The Balaban J connectivity index is 2.95. The molecule has 0 atom stereocenters. The van der Waals surface area contributed by atoms with Crippen molar-refractivity contribution in [2.75, 3.05) is 13.6 Å². The normalized spacial score (nSPS) is 9.62. The number of halogens is 1. The molecule has 16 heavy (non-hydrogen) atoms. The molecule has 0 N–H and O–H groups in total. The van der Waals surface area contributed by atoms with Gasteiger partial charge in [-0.3, -0.25) is 14.4 Å². The number of benzene rings is 1. The summed E-state index contributed by atoms with van der Waals surface area (Å²) in [4.78, 5) is 34.3. The van der Waals surface area contributed by atoms with E-state index in [2.05, 4.69) is 0 Å². The monoisotopic (exact) mass is 239 g/mol. The van der Waals surface area contributed by atoms with Crippen LogP contribution >= 0.6 is 11.6 Å². The molecule has 0 spiro atoms. The predicted octanol–water partition coefficient (Wildman–Crippen LogP) is 1.34. The zero-order valence-corrected chi connectivity index (χ0v) is 9.40. The average Bonchev–Trinajstić information content (AvgIpc) is 2.27. The van der Waals surface area contributed by atoms with Crippen LogP contribution in [0.5, 0.6) is 0 Å². The van der Waals surface area contributed by atoms with Crippen molar-refractivity contribution in [3.63, 3.8) is 0 Å². The molecular formula is C11H10ClNO3. The maximum atomic E-state index is 11.8. The summed E-state index contributed by atoms with van der Waals surface area (Å²) in [5.41, 5.74) is 0.555. The molecule has 5 heteroatoms. The first-order valence-corrected chi connectivity index (χ1v) is 4.92. The number of hydrogen-bond donors (Lipinski definition) is 0. The zero-order chi connectivity index (χ0) is 12.1. The minimum absolute atomic E-state index is 0.187.